The molecule has 1 aromatic carbocycles. The van der Waals surface area contributed by atoms with Crippen LogP contribution in [-0.4, -0.2) is 40.6 Å². The molecule has 0 bridgehead atoms. The Balaban J connectivity index is 1.89. The summed E-state index contributed by atoms with van der Waals surface area (Å²) in [6.07, 6.45) is 0.474. The molecule has 2 rings (SSSR count). The van der Waals surface area contributed by atoms with Crippen molar-refractivity contribution in [2.24, 2.45) is 0 Å². The summed E-state index contributed by atoms with van der Waals surface area (Å²) in [7, 11) is 0. The number of anilines is 1. The zero-order valence-electron chi connectivity index (χ0n) is 12.4. The van der Waals surface area contributed by atoms with E-state index in [1.54, 1.807) is 0 Å². The molecule has 1 N–H and O–H groups in total. The third kappa shape index (κ3) is 4.61. The van der Waals surface area contributed by atoms with Crippen molar-refractivity contribution in [3.8, 4) is 10.6 Å². The highest BCUT2D eigenvalue weighted by Crippen LogP contribution is 2.25. The summed E-state index contributed by atoms with van der Waals surface area (Å²) in [4.78, 5) is 14.1. The highest BCUT2D eigenvalue weighted by Gasteiger charge is 2.10. The van der Waals surface area contributed by atoms with Gasteiger partial charge >= 0.3 is 0 Å². The van der Waals surface area contributed by atoms with Crippen molar-refractivity contribution in [3.05, 3.63) is 30.3 Å². The Hall–Kier alpha value is -1.79. The van der Waals surface area contributed by atoms with Gasteiger partial charge in [0.1, 0.15) is 5.01 Å². The van der Waals surface area contributed by atoms with Crippen molar-refractivity contribution in [3.63, 3.8) is 0 Å². The molecule has 0 unspecified atom stereocenters. The number of amides is 1. The lowest BCUT2D eigenvalue weighted by Gasteiger charge is -2.16. The van der Waals surface area contributed by atoms with Gasteiger partial charge in [0, 0.05) is 18.5 Å². The van der Waals surface area contributed by atoms with Crippen molar-refractivity contribution in [1.82, 2.24) is 15.1 Å². The van der Waals surface area contributed by atoms with Crippen LogP contribution < -0.4 is 5.32 Å². The minimum absolute atomic E-state index is 0.0161. The second kappa shape index (κ2) is 7.85. The summed E-state index contributed by atoms with van der Waals surface area (Å²) in [6, 6.07) is 9.83. The first-order valence-electron chi connectivity index (χ1n) is 7.14. The minimum Gasteiger partial charge on any atom is -0.303 e. The van der Waals surface area contributed by atoms with Crippen LogP contribution in [0.15, 0.2) is 30.3 Å². The third-order valence-corrected chi connectivity index (χ3v) is 4.13. The quantitative estimate of drug-likeness (QED) is 0.854. The van der Waals surface area contributed by atoms with E-state index in [1.165, 1.54) is 11.3 Å². The maximum Gasteiger partial charge on any atom is 0.227 e. The van der Waals surface area contributed by atoms with Gasteiger partial charge in [-0.2, -0.15) is 0 Å². The zero-order chi connectivity index (χ0) is 15.1. The lowest BCUT2D eigenvalue weighted by molar-refractivity contribution is -0.116. The number of nitrogens with one attached hydrogen (secondary N) is 1. The molecule has 0 fully saturated rings. The van der Waals surface area contributed by atoms with Crippen LogP contribution in [0.4, 0.5) is 5.13 Å². The fourth-order valence-electron chi connectivity index (χ4n) is 1.95. The predicted molar refractivity (Wildman–Crippen MR) is 86.4 cm³/mol. The van der Waals surface area contributed by atoms with Crippen molar-refractivity contribution in [1.29, 1.82) is 0 Å². The lowest BCUT2D eigenvalue weighted by Crippen LogP contribution is -2.27. The maximum absolute atomic E-state index is 11.9. The topological polar surface area (TPSA) is 58.1 Å². The van der Waals surface area contributed by atoms with Crippen LogP contribution in [0.25, 0.3) is 10.6 Å². The summed E-state index contributed by atoms with van der Waals surface area (Å²) in [5.74, 6) is -0.0161. The highest BCUT2D eigenvalue weighted by molar-refractivity contribution is 7.18. The largest absolute Gasteiger partial charge is 0.303 e. The SMILES string of the molecule is CCN(CC)CCC(=O)Nc1nnc(-c2ccccc2)s1. The Morgan fingerprint density at radius 1 is 1.19 bits per heavy atom. The average Bonchev–Trinajstić information content (AvgIpc) is 2.97. The lowest BCUT2D eigenvalue weighted by atomic mass is 10.2. The number of aromatic nitrogens is 2. The molecule has 2 aromatic rings. The van der Waals surface area contributed by atoms with Crippen LogP contribution in [0.2, 0.25) is 0 Å². The number of carbonyl (C=O) groups excluding carboxylic acids is 1. The molecule has 0 saturated heterocycles. The van der Waals surface area contributed by atoms with Crippen LogP contribution in [0.5, 0.6) is 0 Å². The van der Waals surface area contributed by atoms with E-state index in [9.17, 15) is 4.79 Å². The minimum atomic E-state index is -0.0161. The van der Waals surface area contributed by atoms with Gasteiger partial charge in [-0.25, -0.2) is 0 Å². The summed E-state index contributed by atoms with van der Waals surface area (Å²) in [6.45, 7) is 6.88. The molecular weight excluding hydrogens is 284 g/mol. The van der Waals surface area contributed by atoms with E-state index < -0.39 is 0 Å². The monoisotopic (exact) mass is 304 g/mol. The van der Waals surface area contributed by atoms with Crippen molar-refractivity contribution in [2.75, 3.05) is 25.0 Å². The molecule has 0 radical (unpaired) electrons. The molecule has 0 aliphatic carbocycles. The van der Waals surface area contributed by atoms with Crippen molar-refractivity contribution < 1.29 is 4.79 Å². The maximum atomic E-state index is 11.9. The average molecular weight is 304 g/mol. The molecule has 0 aliphatic heterocycles. The van der Waals surface area contributed by atoms with Crippen LogP contribution in [-0.2, 0) is 4.79 Å². The van der Waals surface area contributed by atoms with Gasteiger partial charge in [0.2, 0.25) is 11.0 Å². The van der Waals surface area contributed by atoms with Crippen LogP contribution in [0.3, 0.4) is 0 Å². The first kappa shape index (κ1) is 15.6. The molecule has 1 heterocycles. The molecule has 0 atom stereocenters. The summed E-state index contributed by atoms with van der Waals surface area (Å²) < 4.78 is 0. The number of rotatable bonds is 7. The predicted octanol–water partition coefficient (Wildman–Crippen LogP) is 2.88. The third-order valence-electron chi connectivity index (χ3n) is 3.24. The van der Waals surface area contributed by atoms with Gasteiger partial charge in [-0.1, -0.05) is 55.5 Å². The van der Waals surface area contributed by atoms with E-state index in [2.05, 4.69) is 34.3 Å². The Bertz CT molecular complexity index is 566. The Labute approximate surface area is 129 Å². The number of benzene rings is 1. The summed E-state index contributed by atoms with van der Waals surface area (Å²) in [5.41, 5.74) is 1.01. The van der Waals surface area contributed by atoms with E-state index in [1.807, 2.05) is 30.3 Å². The van der Waals surface area contributed by atoms with E-state index in [0.29, 0.717) is 11.6 Å². The van der Waals surface area contributed by atoms with E-state index in [4.69, 9.17) is 0 Å². The van der Waals surface area contributed by atoms with Gasteiger partial charge in [0.25, 0.3) is 0 Å². The molecule has 0 saturated carbocycles. The van der Waals surface area contributed by atoms with Crippen molar-refractivity contribution >= 4 is 22.4 Å². The summed E-state index contributed by atoms with van der Waals surface area (Å²) in [5, 5.41) is 12.3. The Morgan fingerprint density at radius 3 is 2.57 bits per heavy atom. The molecule has 5 nitrogen and oxygen atoms in total. The number of carbonyl (C=O) groups is 1. The van der Waals surface area contributed by atoms with Crippen LogP contribution in [0.1, 0.15) is 20.3 Å². The molecule has 1 aromatic heterocycles. The second-order valence-electron chi connectivity index (χ2n) is 4.60. The first-order chi connectivity index (χ1) is 10.2. The summed E-state index contributed by atoms with van der Waals surface area (Å²) >= 11 is 1.39. The fraction of sp³-hybridized carbons (Fsp3) is 0.400. The standard InChI is InChI=1S/C15H20N4OS/c1-3-19(4-2)11-10-13(20)16-15-18-17-14(21-15)12-8-6-5-7-9-12/h5-9H,3-4,10-11H2,1-2H3,(H,16,18,20). The van der Waals surface area contributed by atoms with E-state index >= 15 is 0 Å². The first-order valence-corrected chi connectivity index (χ1v) is 7.95. The normalized spacial score (nSPS) is 10.8. The molecule has 0 spiro atoms. The Kier molecular flexibility index (Phi) is 5.83. The van der Waals surface area contributed by atoms with E-state index in [-0.39, 0.29) is 5.91 Å². The van der Waals surface area contributed by atoms with Gasteiger partial charge in [0.15, 0.2) is 0 Å². The highest BCUT2D eigenvalue weighted by atomic mass is 32.1. The Morgan fingerprint density at radius 2 is 1.90 bits per heavy atom. The molecule has 21 heavy (non-hydrogen) atoms. The van der Waals surface area contributed by atoms with Gasteiger partial charge < -0.3 is 10.2 Å². The second-order valence-corrected chi connectivity index (χ2v) is 5.58. The molecule has 0 aliphatic rings. The van der Waals surface area contributed by atoms with Gasteiger partial charge in [-0.15, -0.1) is 10.2 Å². The number of hydrogen-bond acceptors (Lipinski definition) is 5. The molecular formula is C15H20N4OS. The van der Waals surface area contributed by atoms with Crippen molar-refractivity contribution in [2.45, 2.75) is 20.3 Å². The van der Waals surface area contributed by atoms with Gasteiger partial charge in [0.05, 0.1) is 0 Å². The number of nitrogens with zero attached hydrogens (tertiary/aromatic N) is 3. The molecule has 112 valence electrons. The smallest absolute Gasteiger partial charge is 0.227 e. The van der Waals surface area contributed by atoms with Crippen LogP contribution >= 0.6 is 11.3 Å². The van der Waals surface area contributed by atoms with Crippen LogP contribution in [0, 0.1) is 0 Å². The van der Waals surface area contributed by atoms with Gasteiger partial charge in [-0.05, 0) is 13.1 Å². The zero-order valence-corrected chi connectivity index (χ0v) is 13.2. The number of hydrogen-bond donors (Lipinski definition) is 1. The molecule has 6 heteroatoms. The molecule has 1 amide bonds. The fourth-order valence-corrected chi connectivity index (χ4v) is 2.72. The van der Waals surface area contributed by atoms with E-state index in [0.717, 1.165) is 30.2 Å². The van der Waals surface area contributed by atoms with Gasteiger partial charge in [-0.3, -0.25) is 4.79 Å².